The summed E-state index contributed by atoms with van der Waals surface area (Å²) < 4.78 is 27.4. The van der Waals surface area contributed by atoms with E-state index in [9.17, 15) is 18.4 Å². The van der Waals surface area contributed by atoms with E-state index >= 15 is 0 Å². The van der Waals surface area contributed by atoms with Crippen molar-refractivity contribution in [2.75, 3.05) is 0 Å². The summed E-state index contributed by atoms with van der Waals surface area (Å²) in [5.41, 5.74) is 0.127. The predicted molar refractivity (Wildman–Crippen MR) is 62.8 cm³/mol. The largest absolute Gasteiger partial charge is 0.294 e. The third-order valence-electron chi connectivity index (χ3n) is 2.53. The number of benzene rings is 1. The van der Waals surface area contributed by atoms with Gasteiger partial charge < -0.3 is 0 Å². The highest BCUT2D eigenvalue weighted by atomic mass is 19.1. The van der Waals surface area contributed by atoms with Gasteiger partial charge in [0.05, 0.1) is 18.2 Å². The number of aromatic nitrogens is 2. The van der Waals surface area contributed by atoms with E-state index in [1.807, 2.05) is 0 Å². The fraction of sp³-hybridized carbons (Fsp3) is 0.154. The Balaban J connectivity index is 2.15. The van der Waals surface area contributed by atoms with Crippen LogP contribution in [-0.2, 0) is 7.05 Å². The molecular formula is C13H10F2N2O2. The molecular weight excluding hydrogens is 254 g/mol. The number of hydrogen-bond donors (Lipinski definition) is 0. The first-order chi connectivity index (χ1) is 8.95. The van der Waals surface area contributed by atoms with Crippen molar-refractivity contribution in [1.82, 2.24) is 9.78 Å². The molecule has 1 heterocycles. The number of rotatable bonds is 4. The van der Waals surface area contributed by atoms with Crippen LogP contribution in [0.4, 0.5) is 8.78 Å². The van der Waals surface area contributed by atoms with Gasteiger partial charge in [-0.1, -0.05) is 0 Å². The van der Waals surface area contributed by atoms with Gasteiger partial charge in [-0.25, -0.2) is 8.78 Å². The zero-order valence-electron chi connectivity index (χ0n) is 10.1. The van der Waals surface area contributed by atoms with E-state index in [-0.39, 0.29) is 11.1 Å². The summed E-state index contributed by atoms with van der Waals surface area (Å²) in [5.74, 6) is -2.77. The van der Waals surface area contributed by atoms with Gasteiger partial charge in [-0.05, 0) is 12.1 Å². The van der Waals surface area contributed by atoms with Gasteiger partial charge in [-0.3, -0.25) is 14.3 Å². The van der Waals surface area contributed by atoms with E-state index in [0.717, 1.165) is 12.1 Å². The molecule has 6 heteroatoms. The van der Waals surface area contributed by atoms with E-state index in [2.05, 4.69) is 5.10 Å². The van der Waals surface area contributed by atoms with Crippen molar-refractivity contribution in [3.63, 3.8) is 0 Å². The SMILES string of the molecule is Cn1cc(C(=O)CC(=O)c2cc(F)cc(F)c2)cn1. The standard InChI is InChI=1S/C13H10F2N2O2/c1-17-7-9(6-16-17)13(19)5-12(18)8-2-10(14)4-11(15)3-8/h2-4,6-7H,5H2,1H3. The summed E-state index contributed by atoms with van der Waals surface area (Å²) >= 11 is 0. The molecule has 2 aromatic rings. The molecule has 0 aliphatic rings. The molecule has 0 bridgehead atoms. The minimum atomic E-state index is -0.850. The number of nitrogens with zero attached hydrogens (tertiary/aromatic N) is 2. The minimum absolute atomic E-state index is 0.158. The fourth-order valence-electron chi connectivity index (χ4n) is 1.63. The van der Waals surface area contributed by atoms with E-state index < -0.39 is 29.6 Å². The van der Waals surface area contributed by atoms with Gasteiger partial charge in [0, 0.05) is 24.9 Å². The number of halogens is 2. The number of carbonyl (C=O) groups excluding carboxylic acids is 2. The van der Waals surface area contributed by atoms with Crippen LogP contribution in [0.15, 0.2) is 30.6 Å². The van der Waals surface area contributed by atoms with E-state index in [0.29, 0.717) is 6.07 Å². The number of aryl methyl sites for hydroxylation is 1. The minimum Gasteiger partial charge on any atom is -0.294 e. The summed E-state index contributed by atoms with van der Waals surface area (Å²) in [6.45, 7) is 0. The second kappa shape index (κ2) is 5.09. The van der Waals surface area contributed by atoms with Gasteiger partial charge in [0.15, 0.2) is 11.6 Å². The van der Waals surface area contributed by atoms with Gasteiger partial charge in [-0.2, -0.15) is 5.10 Å². The summed E-state index contributed by atoms with van der Waals surface area (Å²) in [5, 5.41) is 3.81. The molecule has 2 rings (SSSR count). The van der Waals surface area contributed by atoms with Crippen molar-refractivity contribution in [2.45, 2.75) is 6.42 Å². The molecule has 0 radical (unpaired) electrons. The van der Waals surface area contributed by atoms with Crippen LogP contribution in [0.1, 0.15) is 27.1 Å². The Hall–Kier alpha value is -2.37. The maximum atomic E-state index is 13.0. The van der Waals surface area contributed by atoms with Crippen LogP contribution < -0.4 is 0 Å². The van der Waals surface area contributed by atoms with Gasteiger partial charge >= 0.3 is 0 Å². The Bertz CT molecular complexity index is 630. The van der Waals surface area contributed by atoms with Crippen LogP contribution in [0.3, 0.4) is 0 Å². The fourth-order valence-corrected chi connectivity index (χ4v) is 1.63. The highest BCUT2D eigenvalue weighted by Gasteiger charge is 2.16. The van der Waals surface area contributed by atoms with Crippen molar-refractivity contribution in [3.8, 4) is 0 Å². The molecule has 0 unspecified atom stereocenters. The molecule has 19 heavy (non-hydrogen) atoms. The molecule has 0 spiro atoms. The van der Waals surface area contributed by atoms with Crippen LogP contribution in [0.5, 0.6) is 0 Å². The van der Waals surface area contributed by atoms with Crippen LogP contribution in [-0.4, -0.2) is 21.3 Å². The topological polar surface area (TPSA) is 52.0 Å². The highest BCUT2D eigenvalue weighted by molar-refractivity contribution is 6.13. The molecule has 0 aliphatic carbocycles. The lowest BCUT2D eigenvalue weighted by molar-refractivity contribution is 0.0893. The highest BCUT2D eigenvalue weighted by Crippen LogP contribution is 2.12. The molecule has 1 aromatic carbocycles. The van der Waals surface area contributed by atoms with Crippen molar-refractivity contribution >= 4 is 11.6 Å². The summed E-state index contributed by atoms with van der Waals surface area (Å²) in [4.78, 5) is 23.5. The number of hydrogen-bond acceptors (Lipinski definition) is 3. The van der Waals surface area contributed by atoms with Crippen molar-refractivity contribution in [2.24, 2.45) is 7.05 Å². The summed E-state index contributed by atoms with van der Waals surface area (Å²) in [6, 6.07) is 2.48. The van der Waals surface area contributed by atoms with Gasteiger partial charge in [-0.15, -0.1) is 0 Å². The lowest BCUT2D eigenvalue weighted by Crippen LogP contribution is -2.08. The molecule has 0 amide bonds. The quantitative estimate of drug-likeness (QED) is 0.628. The maximum Gasteiger partial charge on any atom is 0.173 e. The first-order valence-electron chi connectivity index (χ1n) is 5.47. The molecule has 0 saturated carbocycles. The van der Waals surface area contributed by atoms with E-state index in [1.54, 1.807) is 7.05 Å². The van der Waals surface area contributed by atoms with Gasteiger partial charge in [0.25, 0.3) is 0 Å². The first-order valence-corrected chi connectivity index (χ1v) is 5.47. The van der Waals surface area contributed by atoms with Crippen molar-refractivity contribution in [1.29, 1.82) is 0 Å². The molecule has 0 atom stereocenters. The lowest BCUT2D eigenvalue weighted by Gasteiger charge is -2.00. The lowest BCUT2D eigenvalue weighted by atomic mass is 10.0. The monoisotopic (exact) mass is 264 g/mol. The zero-order chi connectivity index (χ0) is 14.0. The van der Waals surface area contributed by atoms with E-state index in [4.69, 9.17) is 0 Å². The normalized spacial score (nSPS) is 10.5. The van der Waals surface area contributed by atoms with Gasteiger partial charge in [0.2, 0.25) is 0 Å². The molecule has 4 nitrogen and oxygen atoms in total. The molecule has 1 aromatic heterocycles. The summed E-state index contributed by atoms with van der Waals surface area (Å²) in [6.07, 6.45) is 2.36. The van der Waals surface area contributed by atoms with Crippen molar-refractivity contribution < 1.29 is 18.4 Å². The predicted octanol–water partition coefficient (Wildman–Crippen LogP) is 2.15. The average Bonchev–Trinajstić information content (AvgIpc) is 2.74. The number of carbonyl (C=O) groups is 2. The third-order valence-corrected chi connectivity index (χ3v) is 2.53. The molecule has 0 N–H and O–H groups in total. The van der Waals surface area contributed by atoms with E-state index in [1.165, 1.54) is 17.1 Å². The van der Waals surface area contributed by atoms with Crippen LogP contribution in [0.2, 0.25) is 0 Å². The molecule has 0 saturated heterocycles. The second-order valence-corrected chi connectivity index (χ2v) is 4.08. The Morgan fingerprint density at radius 3 is 2.21 bits per heavy atom. The van der Waals surface area contributed by atoms with Crippen LogP contribution >= 0.6 is 0 Å². The molecule has 98 valence electrons. The number of Topliss-reactive ketones (excluding diaryl/α,β-unsaturated/α-hetero) is 2. The Kier molecular flexibility index (Phi) is 3.50. The molecule has 0 fully saturated rings. The maximum absolute atomic E-state index is 13.0. The molecule has 0 aliphatic heterocycles. The Labute approximate surface area is 107 Å². The Morgan fingerprint density at radius 2 is 1.68 bits per heavy atom. The van der Waals surface area contributed by atoms with Gasteiger partial charge in [0.1, 0.15) is 11.6 Å². The second-order valence-electron chi connectivity index (χ2n) is 4.08. The Morgan fingerprint density at radius 1 is 1.11 bits per heavy atom. The smallest absolute Gasteiger partial charge is 0.173 e. The average molecular weight is 264 g/mol. The van der Waals surface area contributed by atoms with Crippen LogP contribution in [0, 0.1) is 11.6 Å². The summed E-state index contributed by atoms with van der Waals surface area (Å²) in [7, 11) is 1.64. The first kappa shape index (κ1) is 13.1. The zero-order valence-corrected chi connectivity index (χ0v) is 10.1. The van der Waals surface area contributed by atoms with Crippen molar-refractivity contribution in [3.05, 3.63) is 53.4 Å². The number of ketones is 2. The third kappa shape index (κ3) is 3.09. The van der Waals surface area contributed by atoms with Crippen LogP contribution in [0.25, 0.3) is 0 Å².